The van der Waals surface area contributed by atoms with Crippen molar-refractivity contribution in [1.82, 2.24) is 10.2 Å². The lowest BCUT2D eigenvalue weighted by Gasteiger charge is -2.23. The number of aliphatic imine (C=N–C) groups is 1. The van der Waals surface area contributed by atoms with E-state index >= 15 is 0 Å². The van der Waals surface area contributed by atoms with Gasteiger partial charge in [0.25, 0.3) is 0 Å². The van der Waals surface area contributed by atoms with Gasteiger partial charge in [-0.3, -0.25) is 10.3 Å². The lowest BCUT2D eigenvalue weighted by atomic mass is 10.0. The summed E-state index contributed by atoms with van der Waals surface area (Å²) >= 11 is 0. The molecule has 1 rings (SSSR count). The summed E-state index contributed by atoms with van der Waals surface area (Å²) in [5, 5.41) is 13.2. The Kier molecular flexibility index (Phi) is 7.40. The molecule has 0 fully saturated rings. The predicted molar refractivity (Wildman–Crippen MR) is 89.9 cm³/mol. The number of allylic oxidation sites excluding steroid dienone is 3. The van der Waals surface area contributed by atoms with E-state index in [4.69, 9.17) is 0 Å². The van der Waals surface area contributed by atoms with Gasteiger partial charge in [0.15, 0.2) is 0 Å². The number of hydrogen-bond donors (Lipinski definition) is 2. The third kappa shape index (κ3) is 6.74. The second kappa shape index (κ2) is 8.80. The van der Waals surface area contributed by atoms with Gasteiger partial charge < -0.3 is 10.0 Å². The van der Waals surface area contributed by atoms with Gasteiger partial charge in [-0.2, -0.15) is 0 Å². The Morgan fingerprint density at radius 3 is 2.81 bits per heavy atom. The average Bonchev–Trinajstić information content (AvgIpc) is 2.40. The molecule has 0 aromatic rings. The molecule has 0 aromatic heterocycles. The van der Waals surface area contributed by atoms with Crippen molar-refractivity contribution in [3.63, 3.8) is 0 Å². The fraction of sp³-hybridized carbons (Fsp3) is 0.588. The molecule has 3 atom stereocenters. The van der Waals surface area contributed by atoms with Crippen LogP contribution in [0.2, 0.25) is 0 Å². The van der Waals surface area contributed by atoms with Gasteiger partial charge in [0.2, 0.25) is 0 Å². The summed E-state index contributed by atoms with van der Waals surface area (Å²) in [6.07, 6.45) is 9.01. The van der Waals surface area contributed by atoms with Crippen molar-refractivity contribution in [3.8, 4) is 0 Å². The van der Waals surface area contributed by atoms with Crippen molar-refractivity contribution in [3.05, 3.63) is 36.7 Å². The van der Waals surface area contributed by atoms with Crippen LogP contribution in [0.5, 0.6) is 0 Å². The monoisotopic (exact) mass is 291 g/mol. The van der Waals surface area contributed by atoms with Crippen molar-refractivity contribution >= 4 is 5.71 Å². The minimum atomic E-state index is -0.521. The highest BCUT2D eigenvalue weighted by Crippen LogP contribution is 2.11. The highest BCUT2D eigenvalue weighted by Gasteiger charge is 2.10. The van der Waals surface area contributed by atoms with Crippen LogP contribution in [0.15, 0.2) is 41.7 Å². The molecule has 0 radical (unpaired) electrons. The van der Waals surface area contributed by atoms with Crippen molar-refractivity contribution < 1.29 is 5.11 Å². The number of nitrogens with zero attached hydrogens (tertiary/aromatic N) is 2. The standard InChI is InChI=1S/C17H29N3O/c1-6-13(2)10-15(4)19-17(21)8-7-9-20-12-18-14(3)11-16(20)5/h6-7,9,11,13,15,17,19,21H,1,8,10,12H2,2-5H3/b9-7-. The Bertz CT molecular complexity index is 426. The average molecular weight is 291 g/mol. The van der Waals surface area contributed by atoms with Crippen molar-refractivity contribution in [1.29, 1.82) is 0 Å². The number of hydrogen-bond acceptors (Lipinski definition) is 4. The van der Waals surface area contributed by atoms with E-state index in [0.717, 1.165) is 12.1 Å². The summed E-state index contributed by atoms with van der Waals surface area (Å²) < 4.78 is 0. The fourth-order valence-corrected chi connectivity index (χ4v) is 2.33. The first-order chi connectivity index (χ1) is 9.92. The van der Waals surface area contributed by atoms with Gasteiger partial charge >= 0.3 is 0 Å². The number of aliphatic hydroxyl groups is 1. The fourth-order valence-electron chi connectivity index (χ4n) is 2.33. The number of aliphatic hydroxyl groups excluding tert-OH is 1. The molecule has 0 saturated carbocycles. The van der Waals surface area contributed by atoms with E-state index in [-0.39, 0.29) is 6.04 Å². The van der Waals surface area contributed by atoms with E-state index in [1.807, 2.05) is 25.3 Å². The molecule has 1 aliphatic heterocycles. The molecule has 0 amide bonds. The Hall–Kier alpha value is -1.39. The first-order valence-corrected chi connectivity index (χ1v) is 7.61. The van der Waals surface area contributed by atoms with E-state index in [1.165, 1.54) is 5.70 Å². The molecule has 118 valence electrons. The summed E-state index contributed by atoms with van der Waals surface area (Å²) in [6.45, 7) is 12.7. The van der Waals surface area contributed by atoms with Crippen LogP contribution in [0.4, 0.5) is 0 Å². The zero-order chi connectivity index (χ0) is 15.8. The normalized spacial score (nSPS) is 20.0. The molecule has 0 saturated heterocycles. The van der Waals surface area contributed by atoms with Crippen LogP contribution in [-0.4, -0.2) is 34.7 Å². The molecule has 4 heteroatoms. The van der Waals surface area contributed by atoms with Crippen LogP contribution >= 0.6 is 0 Å². The summed E-state index contributed by atoms with van der Waals surface area (Å²) in [4.78, 5) is 6.45. The molecule has 21 heavy (non-hydrogen) atoms. The highest BCUT2D eigenvalue weighted by molar-refractivity contribution is 5.93. The summed E-state index contributed by atoms with van der Waals surface area (Å²) in [7, 11) is 0. The lowest BCUT2D eigenvalue weighted by Crippen LogP contribution is -2.36. The van der Waals surface area contributed by atoms with Gasteiger partial charge in [-0.25, -0.2) is 0 Å². The van der Waals surface area contributed by atoms with E-state index in [1.54, 1.807) is 0 Å². The molecule has 1 aliphatic rings. The largest absolute Gasteiger partial charge is 0.378 e. The molecule has 0 aliphatic carbocycles. The maximum absolute atomic E-state index is 9.99. The molecule has 3 unspecified atom stereocenters. The van der Waals surface area contributed by atoms with Gasteiger partial charge in [-0.1, -0.05) is 19.1 Å². The third-order valence-electron chi connectivity index (χ3n) is 3.59. The minimum absolute atomic E-state index is 0.269. The predicted octanol–water partition coefficient (Wildman–Crippen LogP) is 3.04. The third-order valence-corrected chi connectivity index (χ3v) is 3.59. The van der Waals surface area contributed by atoms with E-state index in [0.29, 0.717) is 19.0 Å². The van der Waals surface area contributed by atoms with Crippen LogP contribution in [0.3, 0.4) is 0 Å². The molecule has 0 aromatic carbocycles. The van der Waals surface area contributed by atoms with E-state index < -0.39 is 6.23 Å². The Labute approximate surface area is 129 Å². The zero-order valence-electron chi connectivity index (χ0n) is 13.7. The number of rotatable bonds is 8. The van der Waals surface area contributed by atoms with Gasteiger partial charge in [-0.15, -0.1) is 6.58 Å². The first kappa shape index (κ1) is 17.7. The molecular formula is C17H29N3O. The summed E-state index contributed by atoms with van der Waals surface area (Å²) in [6, 6.07) is 0.269. The van der Waals surface area contributed by atoms with Gasteiger partial charge in [0.1, 0.15) is 12.9 Å². The van der Waals surface area contributed by atoms with Crippen molar-refractivity contribution in [2.24, 2.45) is 10.9 Å². The Balaban J connectivity index is 2.33. The van der Waals surface area contributed by atoms with Crippen LogP contribution in [0.1, 0.15) is 40.5 Å². The topological polar surface area (TPSA) is 47.9 Å². The van der Waals surface area contributed by atoms with Crippen LogP contribution < -0.4 is 5.32 Å². The van der Waals surface area contributed by atoms with E-state index in [9.17, 15) is 5.11 Å². The summed E-state index contributed by atoms with van der Waals surface area (Å²) in [5.74, 6) is 0.456. The quantitative estimate of drug-likeness (QED) is 0.534. The Morgan fingerprint density at radius 1 is 1.48 bits per heavy atom. The summed E-state index contributed by atoms with van der Waals surface area (Å²) in [5.41, 5.74) is 2.23. The number of nitrogens with one attached hydrogen (secondary N) is 1. The van der Waals surface area contributed by atoms with Crippen LogP contribution in [-0.2, 0) is 0 Å². The molecule has 2 N–H and O–H groups in total. The van der Waals surface area contributed by atoms with Crippen LogP contribution in [0, 0.1) is 5.92 Å². The lowest BCUT2D eigenvalue weighted by molar-refractivity contribution is 0.124. The Morgan fingerprint density at radius 2 is 2.19 bits per heavy atom. The van der Waals surface area contributed by atoms with Crippen LogP contribution in [0.25, 0.3) is 0 Å². The second-order valence-electron chi connectivity index (χ2n) is 5.85. The smallest absolute Gasteiger partial charge is 0.114 e. The van der Waals surface area contributed by atoms with Gasteiger partial charge in [0.05, 0.1) is 0 Å². The molecule has 0 spiro atoms. The minimum Gasteiger partial charge on any atom is -0.378 e. The molecule has 4 nitrogen and oxygen atoms in total. The van der Waals surface area contributed by atoms with Gasteiger partial charge in [0, 0.05) is 30.1 Å². The maximum atomic E-state index is 9.99. The zero-order valence-corrected chi connectivity index (χ0v) is 13.7. The SMILES string of the molecule is C=CC(C)CC(C)NC(O)C/C=C\N1CN=C(C)C=C1C. The molecular weight excluding hydrogens is 262 g/mol. The first-order valence-electron chi connectivity index (χ1n) is 7.61. The van der Waals surface area contributed by atoms with Crippen molar-refractivity contribution in [2.45, 2.75) is 52.8 Å². The van der Waals surface area contributed by atoms with Gasteiger partial charge in [-0.05, 0) is 39.2 Å². The highest BCUT2D eigenvalue weighted by atomic mass is 16.3. The molecule has 0 bridgehead atoms. The van der Waals surface area contributed by atoms with Crippen molar-refractivity contribution in [2.75, 3.05) is 6.67 Å². The molecule has 1 heterocycles. The maximum Gasteiger partial charge on any atom is 0.114 e. The second-order valence-corrected chi connectivity index (χ2v) is 5.85. The van der Waals surface area contributed by atoms with E-state index in [2.05, 4.69) is 48.6 Å².